The van der Waals surface area contributed by atoms with E-state index in [1.54, 1.807) is 0 Å². The van der Waals surface area contributed by atoms with Crippen LogP contribution in [0.5, 0.6) is 5.75 Å². The van der Waals surface area contributed by atoms with Crippen molar-refractivity contribution in [3.8, 4) is 5.75 Å². The molecule has 0 heterocycles. The van der Waals surface area contributed by atoms with Gasteiger partial charge in [-0.15, -0.1) is 0 Å². The number of aliphatic hydroxyl groups excluding tert-OH is 1. The van der Waals surface area contributed by atoms with Gasteiger partial charge in [0, 0.05) is 0 Å². The van der Waals surface area contributed by atoms with Crippen molar-refractivity contribution in [3.63, 3.8) is 0 Å². The largest absolute Gasteiger partial charge is 0.492 e. The van der Waals surface area contributed by atoms with E-state index in [1.165, 1.54) is 5.56 Å². The third kappa shape index (κ3) is 4.02. The molecule has 3 nitrogen and oxygen atoms in total. The molecule has 1 unspecified atom stereocenters. The molecule has 17 heavy (non-hydrogen) atoms. The zero-order valence-electron chi connectivity index (χ0n) is 11.2. The van der Waals surface area contributed by atoms with E-state index in [0.29, 0.717) is 12.5 Å². The molecule has 0 saturated carbocycles. The lowest BCUT2D eigenvalue weighted by Crippen LogP contribution is -2.48. The number of hydrogen-bond acceptors (Lipinski definition) is 3. The van der Waals surface area contributed by atoms with Gasteiger partial charge in [0.05, 0.1) is 12.1 Å². The zero-order chi connectivity index (χ0) is 12.9. The molecule has 0 amide bonds. The molecule has 0 saturated heterocycles. The molecule has 0 aliphatic carbocycles. The molecule has 3 heteroatoms. The van der Waals surface area contributed by atoms with Gasteiger partial charge in [-0.3, -0.25) is 0 Å². The molecule has 0 aliphatic heterocycles. The quantitative estimate of drug-likeness (QED) is 0.796. The summed E-state index contributed by atoms with van der Waals surface area (Å²) in [7, 11) is 1.82. The van der Waals surface area contributed by atoms with Gasteiger partial charge >= 0.3 is 0 Å². The molecular weight excluding hydrogens is 214 g/mol. The predicted molar refractivity (Wildman–Crippen MR) is 70.6 cm³/mol. The highest BCUT2D eigenvalue weighted by Gasteiger charge is 2.21. The lowest BCUT2D eigenvalue weighted by molar-refractivity contribution is 0.122. The lowest BCUT2D eigenvalue weighted by Gasteiger charge is -2.26. The van der Waals surface area contributed by atoms with Crippen LogP contribution in [0.15, 0.2) is 24.3 Å². The number of nitrogens with one attached hydrogen (secondary N) is 1. The monoisotopic (exact) mass is 237 g/mol. The Labute approximate surface area is 104 Å². The van der Waals surface area contributed by atoms with E-state index in [4.69, 9.17) is 4.74 Å². The van der Waals surface area contributed by atoms with Crippen LogP contribution in [0.3, 0.4) is 0 Å². The second-order valence-electron chi connectivity index (χ2n) is 4.98. The lowest BCUT2D eigenvalue weighted by atomic mass is 10.0. The minimum absolute atomic E-state index is 0.0492. The van der Waals surface area contributed by atoms with Crippen LogP contribution >= 0.6 is 0 Å². The Morgan fingerprint density at radius 1 is 1.29 bits per heavy atom. The van der Waals surface area contributed by atoms with Crippen molar-refractivity contribution in [3.05, 3.63) is 29.8 Å². The van der Waals surface area contributed by atoms with Gasteiger partial charge in [0.2, 0.25) is 0 Å². The van der Waals surface area contributed by atoms with Crippen molar-refractivity contribution < 1.29 is 9.84 Å². The normalized spacial score (nSPS) is 14.7. The van der Waals surface area contributed by atoms with E-state index >= 15 is 0 Å². The van der Waals surface area contributed by atoms with Crippen molar-refractivity contribution in [2.24, 2.45) is 0 Å². The Balaban J connectivity index is 2.58. The van der Waals surface area contributed by atoms with E-state index in [1.807, 2.05) is 26.1 Å². The first-order valence-corrected chi connectivity index (χ1v) is 6.03. The fraction of sp³-hybridized carbons (Fsp3) is 0.571. The maximum Gasteiger partial charge on any atom is 0.119 e. The molecule has 2 N–H and O–H groups in total. The fourth-order valence-electron chi connectivity index (χ4n) is 1.39. The van der Waals surface area contributed by atoms with Crippen LogP contribution in [0.4, 0.5) is 0 Å². The summed E-state index contributed by atoms with van der Waals surface area (Å²) in [5.74, 6) is 1.37. The van der Waals surface area contributed by atoms with E-state index in [2.05, 4.69) is 31.3 Å². The minimum atomic E-state index is -0.392. The molecular formula is C14H23NO2. The SMILES string of the molecule is CNC(C)(CO)COc1ccc(C(C)C)cc1. The van der Waals surface area contributed by atoms with Crippen LogP contribution in [-0.2, 0) is 0 Å². The van der Waals surface area contributed by atoms with Crippen molar-refractivity contribution in [1.29, 1.82) is 0 Å². The average molecular weight is 237 g/mol. The Hall–Kier alpha value is -1.06. The second kappa shape index (κ2) is 6.03. The minimum Gasteiger partial charge on any atom is -0.492 e. The summed E-state index contributed by atoms with van der Waals surface area (Å²) in [6.07, 6.45) is 0. The number of aliphatic hydroxyl groups is 1. The van der Waals surface area contributed by atoms with Crippen molar-refractivity contribution in [2.45, 2.75) is 32.2 Å². The first-order chi connectivity index (χ1) is 8.00. The van der Waals surface area contributed by atoms with E-state index in [-0.39, 0.29) is 6.61 Å². The highest BCUT2D eigenvalue weighted by molar-refractivity contribution is 5.28. The maximum absolute atomic E-state index is 9.24. The topological polar surface area (TPSA) is 41.5 Å². The van der Waals surface area contributed by atoms with Crippen LogP contribution in [0.1, 0.15) is 32.3 Å². The highest BCUT2D eigenvalue weighted by atomic mass is 16.5. The molecule has 0 radical (unpaired) electrons. The maximum atomic E-state index is 9.24. The van der Waals surface area contributed by atoms with E-state index in [9.17, 15) is 5.11 Å². The summed E-state index contributed by atoms with van der Waals surface area (Å²) in [5, 5.41) is 12.3. The molecule has 0 aromatic heterocycles. The van der Waals surface area contributed by atoms with Crippen LogP contribution in [-0.4, -0.2) is 30.9 Å². The van der Waals surface area contributed by atoms with Crippen LogP contribution in [0.25, 0.3) is 0 Å². The number of likely N-dealkylation sites (N-methyl/N-ethyl adjacent to an activating group) is 1. The Bertz CT molecular complexity index is 329. The smallest absolute Gasteiger partial charge is 0.119 e. The van der Waals surface area contributed by atoms with Gasteiger partial charge in [-0.25, -0.2) is 0 Å². The van der Waals surface area contributed by atoms with Crippen molar-refractivity contribution in [2.75, 3.05) is 20.3 Å². The second-order valence-corrected chi connectivity index (χ2v) is 4.98. The van der Waals surface area contributed by atoms with Gasteiger partial charge in [-0.2, -0.15) is 0 Å². The molecule has 0 spiro atoms. The first kappa shape index (κ1) is 14.0. The van der Waals surface area contributed by atoms with Gasteiger partial charge < -0.3 is 15.2 Å². The summed E-state index contributed by atoms with van der Waals surface area (Å²) in [5.41, 5.74) is 0.910. The van der Waals surface area contributed by atoms with Gasteiger partial charge in [-0.1, -0.05) is 26.0 Å². The Morgan fingerprint density at radius 3 is 2.29 bits per heavy atom. The van der Waals surface area contributed by atoms with Gasteiger partial charge in [0.1, 0.15) is 12.4 Å². The predicted octanol–water partition coefficient (Wildman–Crippen LogP) is 2.16. The van der Waals surface area contributed by atoms with Crippen LogP contribution in [0.2, 0.25) is 0 Å². The molecule has 1 atom stereocenters. The molecule has 96 valence electrons. The zero-order valence-corrected chi connectivity index (χ0v) is 11.2. The third-order valence-electron chi connectivity index (χ3n) is 3.06. The standard InChI is InChI=1S/C14H23NO2/c1-11(2)12-5-7-13(8-6-12)17-10-14(3,9-16)15-4/h5-8,11,15-16H,9-10H2,1-4H3. The highest BCUT2D eigenvalue weighted by Crippen LogP contribution is 2.19. The number of rotatable bonds is 6. The molecule has 0 bridgehead atoms. The molecule has 0 aliphatic rings. The first-order valence-electron chi connectivity index (χ1n) is 6.03. The molecule has 1 rings (SSSR count). The summed E-state index contributed by atoms with van der Waals surface area (Å²) in [6, 6.07) is 8.11. The molecule has 0 fully saturated rings. The molecule has 1 aromatic carbocycles. The van der Waals surface area contributed by atoms with Gasteiger partial charge in [-0.05, 0) is 37.6 Å². The van der Waals surface area contributed by atoms with E-state index in [0.717, 1.165) is 5.75 Å². The molecule has 1 aromatic rings. The number of hydrogen-bond donors (Lipinski definition) is 2. The van der Waals surface area contributed by atoms with Crippen LogP contribution < -0.4 is 10.1 Å². The fourth-order valence-corrected chi connectivity index (χ4v) is 1.39. The number of benzene rings is 1. The summed E-state index contributed by atoms with van der Waals surface area (Å²) >= 11 is 0. The summed E-state index contributed by atoms with van der Waals surface area (Å²) in [6.45, 7) is 6.75. The van der Waals surface area contributed by atoms with E-state index < -0.39 is 5.54 Å². The van der Waals surface area contributed by atoms with Crippen molar-refractivity contribution >= 4 is 0 Å². The third-order valence-corrected chi connectivity index (χ3v) is 3.06. The van der Waals surface area contributed by atoms with Gasteiger partial charge in [0.15, 0.2) is 0 Å². The van der Waals surface area contributed by atoms with Gasteiger partial charge in [0.25, 0.3) is 0 Å². The summed E-state index contributed by atoms with van der Waals surface area (Å²) in [4.78, 5) is 0. The van der Waals surface area contributed by atoms with Crippen LogP contribution in [0, 0.1) is 0 Å². The van der Waals surface area contributed by atoms with Crippen molar-refractivity contribution in [1.82, 2.24) is 5.32 Å². The Morgan fingerprint density at radius 2 is 1.88 bits per heavy atom. The average Bonchev–Trinajstić information content (AvgIpc) is 2.36. The summed E-state index contributed by atoms with van der Waals surface area (Å²) < 4.78 is 5.67. The number of ether oxygens (including phenoxy) is 1. The Kier molecular flexibility index (Phi) is 4.97.